The summed E-state index contributed by atoms with van der Waals surface area (Å²) in [7, 11) is 0. The summed E-state index contributed by atoms with van der Waals surface area (Å²) in [5, 5.41) is 11.1. The molecule has 1 aromatic carbocycles. The zero-order valence-corrected chi connectivity index (χ0v) is 13.8. The second-order valence-corrected chi connectivity index (χ2v) is 6.34. The number of nitrogen functional groups attached to an aromatic ring is 1. The topological polar surface area (TPSA) is 98.7 Å². The van der Waals surface area contributed by atoms with E-state index in [1.54, 1.807) is 25.4 Å². The van der Waals surface area contributed by atoms with E-state index in [2.05, 4.69) is 20.5 Å². The highest BCUT2D eigenvalue weighted by atomic mass is 32.2. The molecular formula is C16H16N6OS. The molecule has 3 N–H and O–H groups in total. The number of nitrogens with two attached hydrogens (primary N) is 1. The Morgan fingerprint density at radius 3 is 2.71 bits per heavy atom. The van der Waals surface area contributed by atoms with E-state index in [-0.39, 0.29) is 11.2 Å². The fourth-order valence-corrected chi connectivity index (χ4v) is 2.80. The van der Waals surface area contributed by atoms with Crippen LogP contribution in [0, 0.1) is 0 Å². The summed E-state index contributed by atoms with van der Waals surface area (Å²) in [5.41, 5.74) is 1.51. The first kappa shape index (κ1) is 16.0. The Kier molecular flexibility index (Phi) is 4.76. The second-order valence-electron chi connectivity index (χ2n) is 5.03. The zero-order chi connectivity index (χ0) is 16.9. The molecular weight excluding hydrogens is 324 g/mol. The van der Waals surface area contributed by atoms with E-state index in [0.717, 1.165) is 11.3 Å². The van der Waals surface area contributed by atoms with Crippen molar-refractivity contribution in [3.63, 3.8) is 0 Å². The van der Waals surface area contributed by atoms with Gasteiger partial charge in [0, 0.05) is 23.6 Å². The van der Waals surface area contributed by atoms with Crippen molar-refractivity contribution in [2.75, 3.05) is 11.2 Å². The molecule has 0 saturated heterocycles. The molecule has 0 saturated carbocycles. The van der Waals surface area contributed by atoms with Gasteiger partial charge in [-0.25, -0.2) is 4.68 Å². The Hall–Kier alpha value is -2.87. The molecule has 0 bridgehead atoms. The number of benzene rings is 1. The lowest BCUT2D eigenvalue weighted by Crippen LogP contribution is -2.23. The third-order valence-corrected chi connectivity index (χ3v) is 4.33. The second kappa shape index (κ2) is 7.14. The van der Waals surface area contributed by atoms with Crippen LogP contribution in [0.4, 0.5) is 5.69 Å². The number of anilines is 1. The van der Waals surface area contributed by atoms with Gasteiger partial charge in [0.2, 0.25) is 11.1 Å². The van der Waals surface area contributed by atoms with Gasteiger partial charge in [-0.2, -0.15) is 0 Å². The van der Waals surface area contributed by atoms with Crippen LogP contribution in [0.2, 0.25) is 0 Å². The lowest BCUT2D eigenvalue weighted by molar-refractivity contribution is -0.115. The Morgan fingerprint density at radius 1 is 1.21 bits per heavy atom. The number of hydrogen-bond donors (Lipinski definition) is 2. The van der Waals surface area contributed by atoms with E-state index >= 15 is 0 Å². The standard InChI is InChI=1S/C16H16N6OS/c1-11(15(23)19-13-7-3-2-4-8-13)24-16-21-20-14(22(16)17)12-6-5-9-18-10-12/h2-11H,17H2,1H3,(H,19,23)/t11-/m0/s1. The molecule has 8 heteroatoms. The first-order valence-corrected chi connectivity index (χ1v) is 8.16. The number of hydrogen-bond acceptors (Lipinski definition) is 6. The summed E-state index contributed by atoms with van der Waals surface area (Å²) < 4.78 is 1.37. The molecule has 1 amide bonds. The fourth-order valence-electron chi connectivity index (χ4n) is 2.03. The average molecular weight is 340 g/mol. The van der Waals surface area contributed by atoms with Gasteiger partial charge in [0.05, 0.1) is 5.25 Å². The van der Waals surface area contributed by atoms with Crippen molar-refractivity contribution in [2.24, 2.45) is 0 Å². The van der Waals surface area contributed by atoms with Crippen molar-refractivity contribution < 1.29 is 4.79 Å². The predicted octanol–water partition coefficient (Wildman–Crippen LogP) is 2.17. The van der Waals surface area contributed by atoms with Gasteiger partial charge in [-0.3, -0.25) is 9.78 Å². The first-order valence-electron chi connectivity index (χ1n) is 7.28. The van der Waals surface area contributed by atoms with Crippen LogP contribution in [0.1, 0.15) is 6.92 Å². The molecule has 0 aliphatic heterocycles. The van der Waals surface area contributed by atoms with Crippen molar-refractivity contribution in [3.05, 3.63) is 54.9 Å². The molecule has 0 radical (unpaired) electrons. The van der Waals surface area contributed by atoms with Gasteiger partial charge < -0.3 is 11.2 Å². The molecule has 24 heavy (non-hydrogen) atoms. The maximum atomic E-state index is 12.3. The largest absolute Gasteiger partial charge is 0.335 e. The monoisotopic (exact) mass is 340 g/mol. The van der Waals surface area contributed by atoms with Crippen molar-refractivity contribution in [2.45, 2.75) is 17.3 Å². The third kappa shape index (κ3) is 3.54. The third-order valence-electron chi connectivity index (χ3n) is 3.28. The van der Waals surface area contributed by atoms with Crippen LogP contribution < -0.4 is 11.2 Å². The summed E-state index contributed by atoms with van der Waals surface area (Å²) in [6.45, 7) is 1.79. The highest BCUT2D eigenvalue weighted by Crippen LogP contribution is 2.25. The van der Waals surface area contributed by atoms with Crippen LogP contribution in [-0.2, 0) is 4.79 Å². The molecule has 0 fully saturated rings. The number of rotatable bonds is 5. The SMILES string of the molecule is C[C@H](Sc1nnc(-c2cccnc2)n1N)C(=O)Nc1ccccc1. The zero-order valence-electron chi connectivity index (χ0n) is 13.0. The van der Waals surface area contributed by atoms with Crippen LogP contribution >= 0.6 is 11.8 Å². The molecule has 3 aromatic rings. The maximum Gasteiger partial charge on any atom is 0.237 e. The molecule has 122 valence electrons. The van der Waals surface area contributed by atoms with Crippen LogP contribution in [0.25, 0.3) is 11.4 Å². The minimum atomic E-state index is -0.376. The normalized spacial score (nSPS) is 11.9. The Balaban J connectivity index is 1.70. The Labute approximate surface area is 143 Å². The number of nitrogens with one attached hydrogen (secondary N) is 1. The van der Waals surface area contributed by atoms with Gasteiger partial charge >= 0.3 is 0 Å². The molecule has 7 nitrogen and oxygen atoms in total. The van der Waals surface area contributed by atoms with Gasteiger partial charge in [-0.05, 0) is 31.2 Å². The number of nitrogens with zero attached hydrogens (tertiary/aromatic N) is 4. The van der Waals surface area contributed by atoms with E-state index in [4.69, 9.17) is 5.84 Å². The number of para-hydroxylation sites is 1. The molecule has 0 unspecified atom stereocenters. The Bertz CT molecular complexity index is 821. The van der Waals surface area contributed by atoms with Gasteiger partial charge in [-0.15, -0.1) is 10.2 Å². The van der Waals surface area contributed by atoms with E-state index < -0.39 is 0 Å². The van der Waals surface area contributed by atoms with Crippen LogP contribution in [0.5, 0.6) is 0 Å². The van der Waals surface area contributed by atoms with Crippen LogP contribution in [-0.4, -0.2) is 31.0 Å². The number of amides is 1. The first-order chi connectivity index (χ1) is 11.6. The van der Waals surface area contributed by atoms with Crippen LogP contribution in [0.3, 0.4) is 0 Å². The minimum Gasteiger partial charge on any atom is -0.335 e. The van der Waals surface area contributed by atoms with Crippen molar-refractivity contribution in [1.82, 2.24) is 19.9 Å². The summed E-state index contributed by atoms with van der Waals surface area (Å²) in [6, 6.07) is 12.9. The smallest absolute Gasteiger partial charge is 0.237 e. The van der Waals surface area contributed by atoms with E-state index in [1.807, 2.05) is 36.4 Å². The number of aromatic nitrogens is 4. The molecule has 2 heterocycles. The Morgan fingerprint density at radius 2 is 2.00 bits per heavy atom. The average Bonchev–Trinajstić information content (AvgIpc) is 2.97. The van der Waals surface area contributed by atoms with E-state index in [1.165, 1.54) is 16.4 Å². The number of carbonyl (C=O) groups excluding carboxylic acids is 1. The summed E-state index contributed by atoms with van der Waals surface area (Å²) in [4.78, 5) is 16.3. The number of thioether (sulfide) groups is 1. The van der Waals surface area contributed by atoms with Gasteiger partial charge in [-0.1, -0.05) is 30.0 Å². The maximum absolute atomic E-state index is 12.3. The molecule has 1 atom stereocenters. The molecule has 0 aliphatic carbocycles. The predicted molar refractivity (Wildman–Crippen MR) is 93.8 cm³/mol. The highest BCUT2D eigenvalue weighted by molar-refractivity contribution is 8.00. The lowest BCUT2D eigenvalue weighted by Gasteiger charge is -2.11. The van der Waals surface area contributed by atoms with Crippen molar-refractivity contribution >= 4 is 23.4 Å². The fraction of sp³-hybridized carbons (Fsp3) is 0.125. The summed E-state index contributed by atoms with van der Waals surface area (Å²) in [6.07, 6.45) is 3.33. The van der Waals surface area contributed by atoms with Gasteiger partial charge in [0.15, 0.2) is 5.82 Å². The summed E-state index contributed by atoms with van der Waals surface area (Å²) >= 11 is 1.24. The van der Waals surface area contributed by atoms with Crippen LogP contribution in [0.15, 0.2) is 60.0 Å². The van der Waals surface area contributed by atoms with Crippen molar-refractivity contribution in [3.8, 4) is 11.4 Å². The van der Waals surface area contributed by atoms with E-state index in [9.17, 15) is 4.79 Å². The lowest BCUT2D eigenvalue weighted by atomic mass is 10.3. The van der Waals surface area contributed by atoms with E-state index in [0.29, 0.717) is 11.0 Å². The molecule has 0 aliphatic rings. The molecule has 2 aromatic heterocycles. The highest BCUT2D eigenvalue weighted by Gasteiger charge is 2.20. The van der Waals surface area contributed by atoms with Crippen molar-refractivity contribution in [1.29, 1.82) is 0 Å². The number of carbonyl (C=O) groups is 1. The number of pyridine rings is 1. The van der Waals surface area contributed by atoms with Gasteiger partial charge in [0.25, 0.3) is 0 Å². The minimum absolute atomic E-state index is 0.128. The van der Waals surface area contributed by atoms with Gasteiger partial charge in [0.1, 0.15) is 0 Å². The molecule has 0 spiro atoms. The molecule has 3 rings (SSSR count). The quantitative estimate of drug-likeness (QED) is 0.545. The summed E-state index contributed by atoms with van der Waals surface area (Å²) in [5.74, 6) is 6.42.